The summed E-state index contributed by atoms with van der Waals surface area (Å²) in [5.41, 5.74) is 1.71. The van der Waals surface area contributed by atoms with E-state index in [0.717, 1.165) is 12.0 Å². The Kier molecular flexibility index (Phi) is 5.29. The monoisotopic (exact) mass is 254 g/mol. The van der Waals surface area contributed by atoms with Crippen LogP contribution in [0.4, 0.5) is 10.5 Å². The van der Waals surface area contributed by atoms with Crippen LogP contribution in [0.3, 0.4) is 0 Å². The number of rotatable bonds is 4. The highest BCUT2D eigenvalue weighted by Crippen LogP contribution is 2.19. The number of nitrogens with one attached hydrogen (secondary N) is 2. The highest BCUT2D eigenvalue weighted by molar-refractivity contribution is 6.31. The molecule has 0 spiro atoms. The zero-order valence-corrected chi connectivity index (χ0v) is 11.3. The second-order valence-corrected chi connectivity index (χ2v) is 4.93. The highest BCUT2D eigenvalue weighted by atomic mass is 35.5. The van der Waals surface area contributed by atoms with Crippen molar-refractivity contribution in [2.24, 2.45) is 5.92 Å². The Bertz CT molecular complexity index is 391. The van der Waals surface area contributed by atoms with Crippen molar-refractivity contribution in [2.75, 3.05) is 11.9 Å². The maximum absolute atomic E-state index is 11.5. The van der Waals surface area contributed by atoms with Crippen LogP contribution in [-0.4, -0.2) is 12.6 Å². The predicted molar refractivity (Wildman–Crippen MR) is 72.7 cm³/mol. The van der Waals surface area contributed by atoms with Gasteiger partial charge in [0.05, 0.1) is 0 Å². The van der Waals surface area contributed by atoms with Crippen LogP contribution in [0.1, 0.15) is 25.8 Å². The molecule has 0 aromatic heterocycles. The van der Waals surface area contributed by atoms with Gasteiger partial charge in [0.2, 0.25) is 0 Å². The second kappa shape index (κ2) is 6.50. The zero-order valence-electron chi connectivity index (χ0n) is 10.5. The molecule has 1 rings (SSSR count). The first-order valence-electron chi connectivity index (χ1n) is 5.80. The molecule has 0 unspecified atom stereocenters. The largest absolute Gasteiger partial charge is 0.338 e. The Labute approximate surface area is 108 Å². The number of aryl methyl sites for hydroxylation is 1. The van der Waals surface area contributed by atoms with Crippen LogP contribution in [-0.2, 0) is 0 Å². The number of hydrogen-bond acceptors (Lipinski definition) is 1. The number of benzene rings is 1. The van der Waals surface area contributed by atoms with Gasteiger partial charge in [-0.05, 0) is 37.0 Å². The Morgan fingerprint density at radius 3 is 2.71 bits per heavy atom. The fourth-order valence-electron chi connectivity index (χ4n) is 1.32. The van der Waals surface area contributed by atoms with Gasteiger partial charge in [0, 0.05) is 17.3 Å². The van der Waals surface area contributed by atoms with E-state index in [-0.39, 0.29) is 6.03 Å². The van der Waals surface area contributed by atoms with Gasteiger partial charge in [-0.3, -0.25) is 0 Å². The summed E-state index contributed by atoms with van der Waals surface area (Å²) >= 11 is 5.97. The molecule has 0 fully saturated rings. The summed E-state index contributed by atoms with van der Waals surface area (Å²) in [6.45, 7) is 6.86. The Morgan fingerprint density at radius 1 is 1.41 bits per heavy atom. The van der Waals surface area contributed by atoms with Crippen molar-refractivity contribution in [2.45, 2.75) is 27.2 Å². The maximum atomic E-state index is 11.5. The third-order valence-corrected chi connectivity index (χ3v) is 2.84. The molecule has 1 aromatic carbocycles. The summed E-state index contributed by atoms with van der Waals surface area (Å²) in [6.07, 6.45) is 0.974. The highest BCUT2D eigenvalue weighted by Gasteiger charge is 2.03. The van der Waals surface area contributed by atoms with Crippen LogP contribution in [0.25, 0.3) is 0 Å². The lowest BCUT2D eigenvalue weighted by Crippen LogP contribution is -2.30. The molecule has 2 N–H and O–H groups in total. The van der Waals surface area contributed by atoms with Gasteiger partial charge in [-0.15, -0.1) is 0 Å². The first-order valence-corrected chi connectivity index (χ1v) is 6.18. The van der Waals surface area contributed by atoms with Gasteiger partial charge in [0.15, 0.2) is 0 Å². The number of hydrogen-bond donors (Lipinski definition) is 2. The molecule has 0 aliphatic carbocycles. The van der Waals surface area contributed by atoms with Gasteiger partial charge >= 0.3 is 6.03 Å². The fraction of sp³-hybridized carbons (Fsp3) is 0.462. The summed E-state index contributed by atoms with van der Waals surface area (Å²) < 4.78 is 0. The van der Waals surface area contributed by atoms with Crippen molar-refractivity contribution in [3.63, 3.8) is 0 Å². The van der Waals surface area contributed by atoms with E-state index in [1.54, 1.807) is 6.07 Å². The first kappa shape index (κ1) is 13.8. The molecule has 3 nitrogen and oxygen atoms in total. The predicted octanol–water partition coefficient (Wildman–Crippen LogP) is 3.82. The number of urea groups is 1. The molecule has 0 radical (unpaired) electrons. The molecule has 0 aliphatic rings. The minimum Gasteiger partial charge on any atom is -0.338 e. The maximum Gasteiger partial charge on any atom is 0.319 e. The Balaban J connectivity index is 2.42. The van der Waals surface area contributed by atoms with Gasteiger partial charge in [-0.1, -0.05) is 31.5 Å². The summed E-state index contributed by atoms with van der Waals surface area (Å²) in [6, 6.07) is 5.28. The second-order valence-electron chi connectivity index (χ2n) is 4.53. The normalized spacial score (nSPS) is 10.4. The van der Waals surface area contributed by atoms with Crippen LogP contribution >= 0.6 is 11.6 Å². The smallest absolute Gasteiger partial charge is 0.319 e. The van der Waals surface area contributed by atoms with E-state index < -0.39 is 0 Å². The van der Waals surface area contributed by atoms with Crippen LogP contribution in [0.15, 0.2) is 18.2 Å². The molecule has 1 aromatic rings. The Morgan fingerprint density at radius 2 is 2.12 bits per heavy atom. The molecule has 2 amide bonds. The number of carbonyl (C=O) groups excluding carboxylic acids is 1. The number of carbonyl (C=O) groups is 1. The van der Waals surface area contributed by atoms with Crippen molar-refractivity contribution in [3.8, 4) is 0 Å². The summed E-state index contributed by atoms with van der Waals surface area (Å²) in [4.78, 5) is 11.5. The van der Waals surface area contributed by atoms with E-state index in [1.165, 1.54) is 0 Å². The fourth-order valence-corrected chi connectivity index (χ4v) is 1.50. The van der Waals surface area contributed by atoms with E-state index in [0.29, 0.717) is 23.2 Å². The van der Waals surface area contributed by atoms with E-state index in [9.17, 15) is 4.79 Å². The van der Waals surface area contributed by atoms with Gasteiger partial charge in [-0.2, -0.15) is 0 Å². The van der Waals surface area contributed by atoms with Gasteiger partial charge in [-0.25, -0.2) is 4.79 Å². The van der Waals surface area contributed by atoms with Crippen molar-refractivity contribution in [3.05, 3.63) is 28.8 Å². The van der Waals surface area contributed by atoms with Gasteiger partial charge in [0.1, 0.15) is 0 Å². The molecular weight excluding hydrogens is 236 g/mol. The van der Waals surface area contributed by atoms with Crippen LogP contribution in [0.2, 0.25) is 5.02 Å². The quantitative estimate of drug-likeness (QED) is 0.843. The molecule has 0 saturated carbocycles. The lowest BCUT2D eigenvalue weighted by atomic mass is 10.1. The third kappa shape index (κ3) is 5.09. The van der Waals surface area contributed by atoms with Crippen LogP contribution in [0, 0.1) is 12.8 Å². The topological polar surface area (TPSA) is 41.1 Å². The van der Waals surface area contributed by atoms with E-state index in [1.807, 2.05) is 19.1 Å². The van der Waals surface area contributed by atoms with Crippen LogP contribution < -0.4 is 10.6 Å². The van der Waals surface area contributed by atoms with Crippen molar-refractivity contribution in [1.29, 1.82) is 0 Å². The minimum absolute atomic E-state index is 0.189. The van der Waals surface area contributed by atoms with Crippen molar-refractivity contribution in [1.82, 2.24) is 5.32 Å². The van der Waals surface area contributed by atoms with Crippen LogP contribution in [0.5, 0.6) is 0 Å². The summed E-state index contributed by atoms with van der Waals surface area (Å²) in [7, 11) is 0. The number of halogens is 1. The van der Waals surface area contributed by atoms with E-state index in [2.05, 4.69) is 24.5 Å². The first-order chi connectivity index (χ1) is 7.99. The molecule has 17 heavy (non-hydrogen) atoms. The molecule has 0 aliphatic heterocycles. The lowest BCUT2D eigenvalue weighted by Gasteiger charge is -2.09. The minimum atomic E-state index is -0.189. The standard InChI is InChI=1S/C13H19ClN2O/c1-9(2)6-7-15-13(17)16-11-5-4-10(3)12(14)8-11/h4-5,8-9H,6-7H2,1-3H3,(H2,15,16,17). The molecule has 0 heterocycles. The SMILES string of the molecule is Cc1ccc(NC(=O)NCCC(C)C)cc1Cl. The molecule has 94 valence electrons. The average Bonchev–Trinajstić information content (AvgIpc) is 2.23. The van der Waals surface area contributed by atoms with Crippen molar-refractivity contribution >= 4 is 23.3 Å². The van der Waals surface area contributed by atoms with Crippen molar-refractivity contribution < 1.29 is 4.79 Å². The third-order valence-electron chi connectivity index (χ3n) is 2.44. The average molecular weight is 255 g/mol. The molecule has 4 heteroatoms. The molecular formula is C13H19ClN2O. The number of anilines is 1. The molecule has 0 saturated heterocycles. The zero-order chi connectivity index (χ0) is 12.8. The molecule has 0 bridgehead atoms. The van der Waals surface area contributed by atoms with Gasteiger partial charge < -0.3 is 10.6 Å². The van der Waals surface area contributed by atoms with Gasteiger partial charge in [0.25, 0.3) is 0 Å². The molecule has 0 atom stereocenters. The number of amides is 2. The van der Waals surface area contributed by atoms with E-state index in [4.69, 9.17) is 11.6 Å². The summed E-state index contributed by atoms with van der Waals surface area (Å²) in [5, 5.41) is 6.21. The lowest BCUT2D eigenvalue weighted by molar-refractivity contribution is 0.251. The van der Waals surface area contributed by atoms with E-state index >= 15 is 0 Å². The Hall–Kier alpha value is -1.22. The summed E-state index contributed by atoms with van der Waals surface area (Å²) in [5.74, 6) is 0.587.